The summed E-state index contributed by atoms with van der Waals surface area (Å²) in [5.41, 5.74) is 8.30. The minimum absolute atomic E-state index is 0.100. The van der Waals surface area contributed by atoms with Gasteiger partial charge < -0.3 is 10.7 Å². The van der Waals surface area contributed by atoms with Gasteiger partial charge in [-0.2, -0.15) is 0 Å². The van der Waals surface area contributed by atoms with Gasteiger partial charge in [-0.3, -0.25) is 4.79 Å². The van der Waals surface area contributed by atoms with Gasteiger partial charge in [0.1, 0.15) is 5.25 Å². The number of nitrogens with one attached hydrogen (secondary N) is 2. The van der Waals surface area contributed by atoms with Gasteiger partial charge in [-0.15, -0.1) is 10.2 Å². The molecular weight excluding hydrogens is 454 g/mol. The van der Waals surface area contributed by atoms with Gasteiger partial charge >= 0.3 is 0 Å². The lowest BCUT2D eigenvalue weighted by atomic mass is 10.0. The van der Waals surface area contributed by atoms with Crippen LogP contribution in [-0.4, -0.2) is 26.0 Å². The summed E-state index contributed by atoms with van der Waals surface area (Å²) in [6.45, 7) is 4.00. The van der Waals surface area contributed by atoms with Crippen molar-refractivity contribution in [3.63, 3.8) is 0 Å². The number of anilines is 1. The largest absolute Gasteiger partial charge is 0.325 e. The molecule has 0 unspecified atom stereocenters. The fourth-order valence-electron chi connectivity index (χ4n) is 3.82. The number of amides is 1. The number of aromatic nitrogens is 3. The summed E-state index contributed by atoms with van der Waals surface area (Å²) in [5, 5.41) is 12.7. The summed E-state index contributed by atoms with van der Waals surface area (Å²) in [7, 11) is 0. The van der Waals surface area contributed by atoms with Crippen LogP contribution in [0.25, 0.3) is 11.4 Å². The average molecular weight is 476 g/mol. The minimum atomic E-state index is -0.466. The Bertz CT molecular complexity index is 1310. The Labute approximate surface area is 201 Å². The van der Waals surface area contributed by atoms with Gasteiger partial charge in [-0.25, -0.2) is 4.68 Å². The van der Waals surface area contributed by atoms with Crippen LogP contribution in [0.3, 0.4) is 0 Å². The standard InChI is InChI=1S/C25H22ClN5OS/c1-15-8-9-16(2)20(14-15)27-24(32)22-21(17-10-12-19(26)13-11-17)30-31-23(28-29-25(31)33-22)18-6-4-3-5-7-18/h3-14,21-22,30H,1-2H3,(H,27,32)/t21-,22-/m0/s1. The highest BCUT2D eigenvalue weighted by molar-refractivity contribution is 8.00. The number of thioether (sulfide) groups is 1. The number of halogens is 1. The van der Waals surface area contributed by atoms with Crippen LogP contribution in [0.2, 0.25) is 5.02 Å². The number of nitrogens with zero attached hydrogens (tertiary/aromatic N) is 3. The van der Waals surface area contributed by atoms with Crippen molar-refractivity contribution < 1.29 is 4.79 Å². The molecule has 0 fully saturated rings. The number of fused-ring (bicyclic) bond motifs is 1. The molecule has 1 amide bonds. The molecule has 0 spiro atoms. The van der Waals surface area contributed by atoms with E-state index < -0.39 is 5.25 Å². The quantitative estimate of drug-likeness (QED) is 0.401. The van der Waals surface area contributed by atoms with Gasteiger partial charge in [0.05, 0.1) is 6.04 Å². The molecule has 2 heterocycles. The summed E-state index contributed by atoms with van der Waals surface area (Å²) in [6.07, 6.45) is 0. The molecule has 5 rings (SSSR count). The van der Waals surface area contributed by atoms with Crippen LogP contribution in [0, 0.1) is 13.8 Å². The predicted octanol–water partition coefficient (Wildman–Crippen LogP) is 5.61. The number of rotatable bonds is 4. The average Bonchev–Trinajstić information content (AvgIpc) is 3.25. The van der Waals surface area contributed by atoms with Crippen LogP contribution in [0.5, 0.6) is 0 Å². The van der Waals surface area contributed by atoms with Crippen LogP contribution in [0.1, 0.15) is 22.7 Å². The number of carbonyl (C=O) groups excluding carboxylic acids is 1. The molecule has 33 heavy (non-hydrogen) atoms. The molecule has 2 atom stereocenters. The summed E-state index contributed by atoms with van der Waals surface area (Å²) < 4.78 is 1.86. The summed E-state index contributed by atoms with van der Waals surface area (Å²) in [4.78, 5) is 13.5. The van der Waals surface area contributed by atoms with Gasteiger partial charge in [-0.1, -0.05) is 78.0 Å². The molecule has 8 heteroatoms. The van der Waals surface area contributed by atoms with E-state index in [9.17, 15) is 4.79 Å². The summed E-state index contributed by atoms with van der Waals surface area (Å²) in [5.74, 6) is 0.599. The first-order chi connectivity index (χ1) is 16.0. The van der Waals surface area contributed by atoms with Gasteiger partial charge in [0, 0.05) is 16.3 Å². The summed E-state index contributed by atoms with van der Waals surface area (Å²) >= 11 is 7.53. The lowest BCUT2D eigenvalue weighted by molar-refractivity contribution is -0.116. The third-order valence-corrected chi connectivity index (χ3v) is 7.07. The number of aryl methyl sites for hydroxylation is 2. The fourth-order valence-corrected chi connectivity index (χ4v) is 5.03. The van der Waals surface area contributed by atoms with E-state index in [1.165, 1.54) is 11.8 Å². The molecule has 6 nitrogen and oxygen atoms in total. The molecule has 0 saturated heterocycles. The monoisotopic (exact) mass is 475 g/mol. The van der Waals surface area contributed by atoms with Crippen molar-refractivity contribution in [2.45, 2.75) is 30.3 Å². The molecule has 4 aromatic rings. The number of hydrogen-bond acceptors (Lipinski definition) is 5. The lowest BCUT2D eigenvalue weighted by Crippen LogP contribution is -2.41. The van der Waals surface area contributed by atoms with E-state index >= 15 is 0 Å². The second-order valence-electron chi connectivity index (χ2n) is 8.01. The van der Waals surface area contributed by atoms with Gasteiger partial charge in [0.15, 0.2) is 5.82 Å². The Kier molecular flexibility index (Phi) is 5.83. The van der Waals surface area contributed by atoms with E-state index in [4.69, 9.17) is 11.6 Å². The third-order valence-electron chi connectivity index (χ3n) is 5.61. The van der Waals surface area contributed by atoms with E-state index in [1.807, 2.05) is 91.3 Å². The maximum atomic E-state index is 13.5. The van der Waals surface area contributed by atoms with Crippen molar-refractivity contribution in [3.05, 3.63) is 94.5 Å². The first kappa shape index (κ1) is 21.6. The molecule has 3 aromatic carbocycles. The molecule has 0 radical (unpaired) electrons. The molecule has 1 aliphatic heterocycles. The van der Waals surface area contributed by atoms with Gasteiger partial charge in [-0.05, 0) is 48.7 Å². The van der Waals surface area contributed by atoms with Crippen LogP contribution in [0.15, 0.2) is 78.0 Å². The Morgan fingerprint density at radius 2 is 1.79 bits per heavy atom. The van der Waals surface area contributed by atoms with Crippen LogP contribution in [0.4, 0.5) is 5.69 Å². The minimum Gasteiger partial charge on any atom is -0.325 e. The van der Waals surface area contributed by atoms with E-state index in [2.05, 4.69) is 20.9 Å². The smallest absolute Gasteiger partial charge is 0.240 e. The SMILES string of the molecule is Cc1ccc(C)c(NC(=O)[C@H]2Sc3nnc(-c4ccccc4)n3N[C@H]2c2ccc(Cl)cc2)c1. The van der Waals surface area contributed by atoms with Crippen molar-refractivity contribution in [1.82, 2.24) is 14.9 Å². The Morgan fingerprint density at radius 1 is 1.03 bits per heavy atom. The highest BCUT2D eigenvalue weighted by Crippen LogP contribution is 2.39. The lowest BCUT2D eigenvalue weighted by Gasteiger charge is -2.33. The van der Waals surface area contributed by atoms with Gasteiger partial charge in [0.25, 0.3) is 0 Å². The first-order valence-electron chi connectivity index (χ1n) is 10.6. The van der Waals surface area contributed by atoms with Crippen LogP contribution >= 0.6 is 23.4 Å². The fraction of sp³-hybridized carbons (Fsp3) is 0.160. The van der Waals surface area contributed by atoms with Crippen molar-refractivity contribution in [1.29, 1.82) is 0 Å². The van der Waals surface area contributed by atoms with E-state index in [0.717, 1.165) is 27.9 Å². The Balaban J connectivity index is 1.52. The normalized spacial score (nSPS) is 17.2. The molecule has 0 aliphatic carbocycles. The molecule has 1 aromatic heterocycles. The molecular formula is C25H22ClN5OS. The number of carbonyl (C=O) groups is 1. The zero-order valence-corrected chi connectivity index (χ0v) is 19.7. The highest BCUT2D eigenvalue weighted by atomic mass is 35.5. The Hall–Kier alpha value is -3.29. The maximum Gasteiger partial charge on any atom is 0.240 e. The van der Waals surface area contributed by atoms with Crippen molar-refractivity contribution in [2.24, 2.45) is 0 Å². The predicted molar refractivity (Wildman–Crippen MR) is 133 cm³/mol. The Morgan fingerprint density at radius 3 is 2.55 bits per heavy atom. The maximum absolute atomic E-state index is 13.5. The molecule has 0 bridgehead atoms. The topological polar surface area (TPSA) is 71.8 Å². The summed E-state index contributed by atoms with van der Waals surface area (Å²) in [6, 6.07) is 23.1. The zero-order chi connectivity index (χ0) is 22.9. The van der Waals surface area contributed by atoms with E-state index in [1.54, 1.807) is 0 Å². The number of benzene rings is 3. The molecule has 166 valence electrons. The van der Waals surface area contributed by atoms with E-state index in [-0.39, 0.29) is 11.9 Å². The zero-order valence-electron chi connectivity index (χ0n) is 18.1. The second-order valence-corrected chi connectivity index (χ2v) is 9.56. The first-order valence-corrected chi connectivity index (χ1v) is 11.8. The second kappa shape index (κ2) is 8.92. The number of hydrogen-bond donors (Lipinski definition) is 2. The molecule has 1 aliphatic rings. The van der Waals surface area contributed by atoms with E-state index in [0.29, 0.717) is 16.0 Å². The highest BCUT2D eigenvalue weighted by Gasteiger charge is 2.38. The van der Waals surface area contributed by atoms with Crippen LogP contribution < -0.4 is 10.7 Å². The van der Waals surface area contributed by atoms with Gasteiger partial charge in [0.2, 0.25) is 11.1 Å². The van der Waals surface area contributed by atoms with Crippen LogP contribution in [-0.2, 0) is 4.79 Å². The van der Waals surface area contributed by atoms with Crippen molar-refractivity contribution in [2.75, 3.05) is 10.7 Å². The van der Waals surface area contributed by atoms with Crippen molar-refractivity contribution >= 4 is 35.0 Å². The molecule has 0 saturated carbocycles. The van der Waals surface area contributed by atoms with Crippen molar-refractivity contribution in [3.8, 4) is 11.4 Å². The molecule has 2 N–H and O–H groups in total. The third kappa shape index (κ3) is 4.34.